The lowest BCUT2D eigenvalue weighted by Crippen LogP contribution is -2.00. The van der Waals surface area contributed by atoms with Gasteiger partial charge in [-0.2, -0.15) is 0 Å². The smallest absolute Gasteiger partial charge is 0.164 e. The van der Waals surface area contributed by atoms with Crippen molar-refractivity contribution in [3.05, 3.63) is 182 Å². The Bertz CT molecular complexity index is 3410. The molecule has 4 aromatic heterocycles. The minimum atomic E-state index is 0.591. The molecule has 6 heteroatoms. The van der Waals surface area contributed by atoms with Crippen molar-refractivity contribution in [2.24, 2.45) is 0 Å². The van der Waals surface area contributed by atoms with Crippen LogP contribution in [-0.2, 0) is 0 Å². The molecule has 12 aromatic rings. The van der Waals surface area contributed by atoms with Crippen LogP contribution in [0.1, 0.15) is 0 Å². The first-order valence-corrected chi connectivity index (χ1v) is 19.0. The molecule has 6 nitrogen and oxygen atoms in total. The van der Waals surface area contributed by atoms with E-state index in [-0.39, 0.29) is 0 Å². The predicted molar refractivity (Wildman–Crippen MR) is 230 cm³/mol. The fraction of sp³-hybridized carbons (Fsp3) is 0. The minimum Gasteiger partial charge on any atom is -0.456 e. The van der Waals surface area contributed by atoms with Crippen LogP contribution in [0.15, 0.2) is 191 Å². The second kappa shape index (κ2) is 12.3. The summed E-state index contributed by atoms with van der Waals surface area (Å²) >= 11 is 0. The molecule has 0 fully saturated rings. The number of aromatic nitrogens is 4. The van der Waals surface area contributed by atoms with Crippen molar-refractivity contribution >= 4 is 65.7 Å². The van der Waals surface area contributed by atoms with Crippen LogP contribution >= 0.6 is 0 Å². The van der Waals surface area contributed by atoms with Gasteiger partial charge >= 0.3 is 0 Å². The molecular formula is C51H30N4O2. The molecular weight excluding hydrogens is 701 g/mol. The van der Waals surface area contributed by atoms with Crippen LogP contribution in [0.5, 0.6) is 0 Å². The molecule has 266 valence electrons. The molecule has 0 unspecified atom stereocenters. The first-order valence-electron chi connectivity index (χ1n) is 19.0. The molecule has 0 aliphatic heterocycles. The second-order valence-electron chi connectivity index (χ2n) is 14.4. The molecule has 4 heterocycles. The van der Waals surface area contributed by atoms with Crippen LogP contribution in [-0.4, -0.2) is 19.5 Å². The lowest BCUT2D eigenvalue weighted by molar-refractivity contribution is 0.668. The van der Waals surface area contributed by atoms with Crippen molar-refractivity contribution in [3.8, 4) is 51.0 Å². The molecule has 0 amide bonds. The highest BCUT2D eigenvalue weighted by Crippen LogP contribution is 2.39. The summed E-state index contributed by atoms with van der Waals surface area (Å²) in [6, 6.07) is 62.8. The van der Waals surface area contributed by atoms with Crippen LogP contribution in [0.2, 0.25) is 0 Å². The molecule has 0 aliphatic rings. The number of para-hydroxylation sites is 2. The Morgan fingerprint density at radius 2 is 0.754 bits per heavy atom. The highest BCUT2D eigenvalue weighted by atomic mass is 16.3. The Kier molecular flexibility index (Phi) is 6.83. The molecule has 57 heavy (non-hydrogen) atoms. The SMILES string of the molecule is c1ccc(-c2nc(-c3ccccc3)nc(-c3ccc4c(c3)oc3cc(-c5ccc6oc7cc(-n8c9ccccc9c9ccccc98)ccc7c6c5)ccc34)n2)cc1. The molecule has 0 saturated heterocycles. The normalized spacial score (nSPS) is 11.9. The standard InChI is InChI=1S/C51H30N4O2/c1-3-11-31(12-4-1)49-52-50(32-13-5-2-6-14-32)54-51(53-49)35-20-24-40-39-23-19-34(28-46(39)57-47(40)29-35)33-21-26-45-42(27-33)41-25-22-36(30-48(41)56-45)55-43-17-9-7-15-37(43)38-16-8-10-18-44(38)55/h1-30H. The third kappa shape index (κ3) is 5.08. The van der Waals surface area contributed by atoms with Gasteiger partial charge in [-0.25, -0.2) is 15.0 Å². The molecule has 0 spiro atoms. The number of fused-ring (bicyclic) bond motifs is 9. The van der Waals surface area contributed by atoms with Crippen molar-refractivity contribution in [3.63, 3.8) is 0 Å². The zero-order valence-corrected chi connectivity index (χ0v) is 30.4. The maximum atomic E-state index is 6.57. The second-order valence-corrected chi connectivity index (χ2v) is 14.4. The minimum absolute atomic E-state index is 0.591. The van der Waals surface area contributed by atoms with Gasteiger partial charge in [0.25, 0.3) is 0 Å². The molecule has 0 atom stereocenters. The quantitative estimate of drug-likeness (QED) is 0.176. The van der Waals surface area contributed by atoms with Gasteiger partial charge in [-0.15, -0.1) is 0 Å². The highest BCUT2D eigenvalue weighted by Gasteiger charge is 2.17. The molecule has 0 N–H and O–H groups in total. The first-order chi connectivity index (χ1) is 28.2. The van der Waals surface area contributed by atoms with Crippen molar-refractivity contribution in [1.82, 2.24) is 19.5 Å². The van der Waals surface area contributed by atoms with Crippen LogP contribution in [0.4, 0.5) is 0 Å². The van der Waals surface area contributed by atoms with Crippen LogP contribution in [0.25, 0.3) is 117 Å². The monoisotopic (exact) mass is 730 g/mol. The Labute approximate surface area is 325 Å². The maximum absolute atomic E-state index is 6.57. The van der Waals surface area contributed by atoms with Crippen molar-refractivity contribution in [2.75, 3.05) is 0 Å². The van der Waals surface area contributed by atoms with Gasteiger partial charge in [0.05, 0.1) is 11.0 Å². The van der Waals surface area contributed by atoms with Crippen LogP contribution < -0.4 is 0 Å². The van der Waals surface area contributed by atoms with Crippen molar-refractivity contribution in [2.45, 2.75) is 0 Å². The van der Waals surface area contributed by atoms with Crippen LogP contribution in [0.3, 0.4) is 0 Å². The van der Waals surface area contributed by atoms with Gasteiger partial charge in [0.2, 0.25) is 0 Å². The number of hydrogen-bond acceptors (Lipinski definition) is 5. The fourth-order valence-electron chi connectivity index (χ4n) is 8.32. The largest absolute Gasteiger partial charge is 0.456 e. The number of nitrogens with zero attached hydrogens (tertiary/aromatic N) is 4. The third-order valence-corrected chi connectivity index (χ3v) is 11.1. The Morgan fingerprint density at radius 1 is 0.298 bits per heavy atom. The van der Waals surface area contributed by atoms with E-state index >= 15 is 0 Å². The zero-order chi connectivity index (χ0) is 37.5. The van der Waals surface area contributed by atoms with E-state index in [0.717, 1.165) is 77.4 Å². The summed E-state index contributed by atoms with van der Waals surface area (Å²) in [5, 5.41) is 6.73. The van der Waals surface area contributed by atoms with E-state index in [4.69, 9.17) is 23.8 Å². The summed E-state index contributed by atoms with van der Waals surface area (Å²) in [4.78, 5) is 14.7. The van der Waals surface area contributed by atoms with Gasteiger partial charge in [0.15, 0.2) is 17.5 Å². The third-order valence-electron chi connectivity index (χ3n) is 11.1. The number of benzene rings is 8. The fourth-order valence-corrected chi connectivity index (χ4v) is 8.32. The number of hydrogen-bond donors (Lipinski definition) is 0. The molecule has 0 radical (unpaired) electrons. The first kappa shape index (κ1) is 31.5. The summed E-state index contributed by atoms with van der Waals surface area (Å²) in [6.45, 7) is 0. The lowest BCUT2D eigenvalue weighted by atomic mass is 10.0. The molecule has 12 rings (SSSR count). The zero-order valence-electron chi connectivity index (χ0n) is 30.4. The maximum Gasteiger partial charge on any atom is 0.164 e. The number of rotatable bonds is 5. The molecule has 0 saturated carbocycles. The predicted octanol–water partition coefficient (Wildman–Crippen LogP) is 13.4. The van der Waals surface area contributed by atoms with Gasteiger partial charge < -0.3 is 13.4 Å². The summed E-state index contributed by atoms with van der Waals surface area (Å²) in [6.07, 6.45) is 0. The highest BCUT2D eigenvalue weighted by molar-refractivity contribution is 6.11. The summed E-state index contributed by atoms with van der Waals surface area (Å²) < 4.78 is 15.4. The average molecular weight is 731 g/mol. The van der Waals surface area contributed by atoms with E-state index in [1.807, 2.05) is 66.7 Å². The van der Waals surface area contributed by atoms with E-state index in [0.29, 0.717) is 17.5 Å². The van der Waals surface area contributed by atoms with E-state index in [1.165, 1.54) is 21.8 Å². The van der Waals surface area contributed by atoms with Gasteiger partial charge in [0, 0.05) is 60.8 Å². The summed E-state index contributed by atoms with van der Waals surface area (Å²) in [7, 11) is 0. The topological polar surface area (TPSA) is 69.9 Å². The van der Waals surface area contributed by atoms with E-state index in [1.54, 1.807) is 0 Å². The van der Waals surface area contributed by atoms with Gasteiger partial charge in [-0.05, 0) is 71.8 Å². The Morgan fingerprint density at radius 3 is 1.40 bits per heavy atom. The van der Waals surface area contributed by atoms with Crippen LogP contribution in [0, 0.1) is 0 Å². The van der Waals surface area contributed by atoms with Crippen molar-refractivity contribution in [1.29, 1.82) is 0 Å². The van der Waals surface area contributed by atoms with E-state index in [2.05, 4.69) is 120 Å². The average Bonchev–Trinajstić information content (AvgIpc) is 3.95. The van der Waals surface area contributed by atoms with Gasteiger partial charge in [0.1, 0.15) is 22.3 Å². The molecule has 0 bridgehead atoms. The van der Waals surface area contributed by atoms with E-state index < -0.39 is 0 Å². The summed E-state index contributed by atoms with van der Waals surface area (Å²) in [5.41, 5.74) is 11.6. The lowest BCUT2D eigenvalue weighted by Gasteiger charge is -2.08. The molecule has 0 aliphatic carbocycles. The Balaban J connectivity index is 0.921. The van der Waals surface area contributed by atoms with E-state index in [9.17, 15) is 0 Å². The van der Waals surface area contributed by atoms with Gasteiger partial charge in [-0.3, -0.25) is 0 Å². The Hall–Kier alpha value is -7.83. The van der Waals surface area contributed by atoms with Crippen molar-refractivity contribution < 1.29 is 8.83 Å². The number of furan rings is 2. The van der Waals surface area contributed by atoms with Gasteiger partial charge in [-0.1, -0.05) is 115 Å². The molecule has 8 aromatic carbocycles. The summed E-state index contributed by atoms with van der Waals surface area (Å²) in [5.74, 6) is 1.84.